The molecule has 0 aliphatic carbocycles. The highest BCUT2D eigenvalue weighted by Crippen LogP contribution is 2.37. The van der Waals surface area contributed by atoms with Crippen molar-refractivity contribution >= 4 is 29.0 Å². The van der Waals surface area contributed by atoms with Crippen LogP contribution in [0.15, 0.2) is 36.4 Å². The Hall–Kier alpha value is -3.55. The Morgan fingerprint density at radius 1 is 1.11 bits per heavy atom. The van der Waals surface area contributed by atoms with Crippen LogP contribution in [0.3, 0.4) is 0 Å². The lowest BCUT2D eigenvalue weighted by Crippen LogP contribution is -2.22. The number of Topliss-reactive ketones (excluding diaryl/α,β-unsaturated/α-hetero) is 1. The van der Waals surface area contributed by atoms with Crippen molar-refractivity contribution in [1.82, 2.24) is 0 Å². The number of fused-ring (bicyclic) bond motifs is 1. The van der Waals surface area contributed by atoms with Crippen molar-refractivity contribution in [3.8, 4) is 11.5 Å². The molecule has 0 spiro atoms. The van der Waals surface area contributed by atoms with Crippen molar-refractivity contribution in [2.24, 2.45) is 0 Å². The van der Waals surface area contributed by atoms with Gasteiger partial charge in [-0.1, -0.05) is 6.07 Å². The van der Waals surface area contributed by atoms with E-state index < -0.39 is 18.5 Å². The van der Waals surface area contributed by atoms with E-state index in [-0.39, 0.29) is 23.8 Å². The molecule has 1 heterocycles. The lowest BCUT2D eigenvalue weighted by molar-refractivity contribution is -0.119. The molecule has 3 rings (SSSR count). The van der Waals surface area contributed by atoms with E-state index in [9.17, 15) is 14.4 Å². The molecule has 0 radical (unpaired) electrons. The number of amides is 1. The van der Waals surface area contributed by atoms with Gasteiger partial charge in [-0.15, -0.1) is 0 Å². The van der Waals surface area contributed by atoms with Crippen molar-refractivity contribution in [1.29, 1.82) is 0 Å². The van der Waals surface area contributed by atoms with Gasteiger partial charge in [0.2, 0.25) is 6.79 Å². The number of nitrogens with zero attached hydrogens (tertiary/aromatic N) is 1. The summed E-state index contributed by atoms with van der Waals surface area (Å²) >= 11 is 0. The molecule has 0 aromatic heterocycles. The van der Waals surface area contributed by atoms with E-state index in [2.05, 4.69) is 5.32 Å². The van der Waals surface area contributed by atoms with Crippen LogP contribution in [0, 0.1) is 0 Å². The quantitative estimate of drug-likeness (QED) is 0.604. The minimum absolute atomic E-state index is 0.0493. The van der Waals surface area contributed by atoms with Gasteiger partial charge in [0, 0.05) is 31.4 Å². The second kappa shape index (κ2) is 7.99. The lowest BCUT2D eigenvalue weighted by atomic mass is 10.1. The van der Waals surface area contributed by atoms with Gasteiger partial charge in [0.25, 0.3) is 5.91 Å². The number of anilines is 2. The highest BCUT2D eigenvalue weighted by atomic mass is 16.7. The summed E-state index contributed by atoms with van der Waals surface area (Å²) in [6, 6.07) is 9.90. The molecule has 2 aromatic carbocycles. The predicted octanol–water partition coefficient (Wildman–Crippen LogP) is 2.48. The summed E-state index contributed by atoms with van der Waals surface area (Å²) in [6.45, 7) is 0.940. The highest BCUT2D eigenvalue weighted by molar-refractivity contribution is 6.05. The zero-order valence-corrected chi connectivity index (χ0v) is 15.8. The summed E-state index contributed by atoms with van der Waals surface area (Å²) in [5.41, 5.74) is 1.73. The molecule has 1 amide bonds. The van der Waals surface area contributed by atoms with Crippen LogP contribution in [-0.2, 0) is 9.53 Å². The van der Waals surface area contributed by atoms with Gasteiger partial charge in [0.1, 0.15) is 0 Å². The number of carbonyl (C=O) groups excluding carboxylic acids is 3. The molecule has 8 heteroatoms. The van der Waals surface area contributed by atoms with Gasteiger partial charge in [0.05, 0.1) is 11.3 Å². The van der Waals surface area contributed by atoms with Crippen molar-refractivity contribution in [2.45, 2.75) is 6.92 Å². The number of hydrogen-bond donors (Lipinski definition) is 1. The lowest BCUT2D eigenvalue weighted by Gasteiger charge is -2.13. The number of rotatable bonds is 6. The molecule has 0 bridgehead atoms. The van der Waals surface area contributed by atoms with Crippen LogP contribution >= 0.6 is 0 Å². The molecule has 28 heavy (non-hydrogen) atoms. The Kier molecular flexibility index (Phi) is 5.49. The van der Waals surface area contributed by atoms with Gasteiger partial charge >= 0.3 is 5.97 Å². The van der Waals surface area contributed by atoms with Gasteiger partial charge in [0.15, 0.2) is 23.9 Å². The standard InChI is InChI=1S/C20H20N2O6/c1-12(23)15-8-17-18(28-11-27-17)9-16(15)21-19(24)10-26-20(25)13-5-4-6-14(7-13)22(2)3/h4-9H,10-11H2,1-3H3,(H,21,24). The van der Waals surface area contributed by atoms with Gasteiger partial charge < -0.3 is 24.4 Å². The van der Waals surface area contributed by atoms with E-state index in [4.69, 9.17) is 14.2 Å². The van der Waals surface area contributed by atoms with E-state index in [1.54, 1.807) is 18.2 Å². The molecule has 0 atom stereocenters. The first-order valence-corrected chi connectivity index (χ1v) is 8.54. The van der Waals surface area contributed by atoms with E-state index in [0.29, 0.717) is 17.1 Å². The first-order valence-electron chi connectivity index (χ1n) is 8.54. The maximum atomic E-state index is 12.2. The fraction of sp³-hybridized carbons (Fsp3) is 0.250. The first kappa shape index (κ1) is 19.2. The summed E-state index contributed by atoms with van der Waals surface area (Å²) < 4.78 is 15.6. The molecule has 1 aliphatic heterocycles. The Balaban J connectivity index is 1.66. The monoisotopic (exact) mass is 384 g/mol. The van der Waals surface area contributed by atoms with Crippen LogP contribution in [0.5, 0.6) is 11.5 Å². The van der Waals surface area contributed by atoms with Gasteiger partial charge in [-0.2, -0.15) is 0 Å². The van der Waals surface area contributed by atoms with Crippen LogP contribution in [0.25, 0.3) is 0 Å². The normalized spacial score (nSPS) is 11.7. The highest BCUT2D eigenvalue weighted by Gasteiger charge is 2.21. The fourth-order valence-corrected chi connectivity index (χ4v) is 2.65. The fourth-order valence-electron chi connectivity index (χ4n) is 2.65. The van der Waals surface area contributed by atoms with Crippen molar-refractivity contribution in [2.75, 3.05) is 37.7 Å². The number of nitrogens with one attached hydrogen (secondary N) is 1. The average molecular weight is 384 g/mol. The van der Waals surface area contributed by atoms with E-state index >= 15 is 0 Å². The van der Waals surface area contributed by atoms with E-state index in [0.717, 1.165) is 5.69 Å². The largest absolute Gasteiger partial charge is 0.454 e. The Labute approximate surface area is 162 Å². The number of ether oxygens (including phenoxy) is 3. The van der Waals surface area contributed by atoms with Crippen LogP contribution < -0.4 is 19.7 Å². The summed E-state index contributed by atoms with van der Waals surface area (Å²) in [5, 5.41) is 2.58. The van der Waals surface area contributed by atoms with Crippen LogP contribution in [0.1, 0.15) is 27.6 Å². The second-order valence-corrected chi connectivity index (χ2v) is 6.38. The van der Waals surface area contributed by atoms with Gasteiger partial charge in [-0.05, 0) is 31.2 Å². The van der Waals surface area contributed by atoms with Crippen molar-refractivity contribution in [3.05, 3.63) is 47.5 Å². The zero-order chi connectivity index (χ0) is 20.3. The molecular formula is C20H20N2O6. The second-order valence-electron chi connectivity index (χ2n) is 6.38. The number of ketones is 1. The molecule has 0 fully saturated rings. The minimum Gasteiger partial charge on any atom is -0.454 e. The maximum Gasteiger partial charge on any atom is 0.338 e. The Morgan fingerprint density at radius 3 is 2.50 bits per heavy atom. The third-order valence-corrected chi connectivity index (χ3v) is 4.10. The molecule has 0 saturated heterocycles. The molecular weight excluding hydrogens is 364 g/mol. The van der Waals surface area contributed by atoms with Crippen LogP contribution in [-0.4, -0.2) is 45.2 Å². The molecule has 1 aliphatic rings. The number of hydrogen-bond acceptors (Lipinski definition) is 7. The number of esters is 1. The number of benzene rings is 2. The summed E-state index contributed by atoms with van der Waals surface area (Å²) in [6.07, 6.45) is 0. The Bertz CT molecular complexity index is 938. The smallest absolute Gasteiger partial charge is 0.338 e. The third-order valence-electron chi connectivity index (χ3n) is 4.10. The molecule has 1 N–H and O–H groups in total. The van der Waals surface area contributed by atoms with Crippen LogP contribution in [0.2, 0.25) is 0 Å². The topological polar surface area (TPSA) is 94.2 Å². The SMILES string of the molecule is CC(=O)c1cc2c(cc1NC(=O)COC(=O)c1cccc(N(C)C)c1)OCO2. The summed E-state index contributed by atoms with van der Waals surface area (Å²) in [7, 11) is 3.71. The zero-order valence-electron chi connectivity index (χ0n) is 15.8. The summed E-state index contributed by atoms with van der Waals surface area (Å²) in [4.78, 5) is 38.1. The molecule has 2 aromatic rings. The van der Waals surface area contributed by atoms with E-state index in [1.807, 2.05) is 25.1 Å². The average Bonchev–Trinajstić information content (AvgIpc) is 3.12. The molecule has 0 saturated carbocycles. The Morgan fingerprint density at radius 2 is 1.82 bits per heavy atom. The maximum absolute atomic E-state index is 12.2. The van der Waals surface area contributed by atoms with Crippen LogP contribution in [0.4, 0.5) is 11.4 Å². The first-order chi connectivity index (χ1) is 13.3. The third kappa shape index (κ3) is 4.22. The summed E-state index contributed by atoms with van der Waals surface area (Å²) in [5.74, 6) is -0.561. The number of carbonyl (C=O) groups is 3. The predicted molar refractivity (Wildman–Crippen MR) is 102 cm³/mol. The minimum atomic E-state index is -0.615. The van der Waals surface area contributed by atoms with Crippen molar-refractivity contribution < 1.29 is 28.6 Å². The van der Waals surface area contributed by atoms with Gasteiger partial charge in [-0.25, -0.2) is 4.79 Å². The van der Waals surface area contributed by atoms with Crippen molar-refractivity contribution in [3.63, 3.8) is 0 Å². The molecule has 146 valence electrons. The van der Waals surface area contributed by atoms with Gasteiger partial charge in [-0.3, -0.25) is 9.59 Å². The molecule has 0 unspecified atom stereocenters. The molecule has 8 nitrogen and oxygen atoms in total. The van der Waals surface area contributed by atoms with E-state index in [1.165, 1.54) is 19.1 Å².